The summed E-state index contributed by atoms with van der Waals surface area (Å²) in [7, 11) is 0. The van der Waals surface area contributed by atoms with Gasteiger partial charge in [0.1, 0.15) is 5.82 Å². The van der Waals surface area contributed by atoms with Gasteiger partial charge in [-0.15, -0.1) is 0 Å². The molecule has 28 heavy (non-hydrogen) atoms. The molecule has 0 spiro atoms. The van der Waals surface area contributed by atoms with Gasteiger partial charge in [0, 0.05) is 43.3 Å². The third-order valence-electron chi connectivity index (χ3n) is 5.51. The van der Waals surface area contributed by atoms with Crippen LogP contribution in [0.1, 0.15) is 35.7 Å². The molecule has 1 aromatic heterocycles. The molecule has 0 bridgehead atoms. The number of carbonyl (C=O) groups is 1. The summed E-state index contributed by atoms with van der Waals surface area (Å²) in [6, 6.07) is 15.0. The molecule has 1 amide bonds. The van der Waals surface area contributed by atoms with E-state index in [9.17, 15) is 9.18 Å². The maximum atomic E-state index is 13.0. The largest absolute Gasteiger partial charge is 0.338 e. The van der Waals surface area contributed by atoms with E-state index in [2.05, 4.69) is 34.5 Å². The predicted molar refractivity (Wildman–Crippen MR) is 107 cm³/mol. The van der Waals surface area contributed by atoms with Crippen molar-refractivity contribution in [3.05, 3.63) is 76.7 Å². The highest BCUT2D eigenvalue weighted by Crippen LogP contribution is 2.28. The topological polar surface area (TPSA) is 49.0 Å². The van der Waals surface area contributed by atoms with Crippen molar-refractivity contribution in [1.82, 2.24) is 15.1 Å². The highest BCUT2D eigenvalue weighted by atomic mass is 19.1. The maximum Gasteiger partial charge on any atom is 0.219 e. The van der Waals surface area contributed by atoms with Crippen molar-refractivity contribution in [2.45, 2.75) is 39.2 Å². The molecule has 3 aromatic rings. The molecule has 0 unspecified atom stereocenters. The Hall–Kier alpha value is -2.95. The minimum atomic E-state index is -0.265. The zero-order valence-electron chi connectivity index (χ0n) is 16.0. The standard InChI is InChI=1S/C14H14FN3O.C9H10/c1-9(19)18-7-6-13-12(8-18)14(17-16-13)10-2-4-11(15)5-3-10;1-2-5-9-7-3-6-8(9)4-1/h2-5H,6-8H2,1H3,(H,16,17);1-2,4-5H,3,6-7H2. The Labute approximate surface area is 164 Å². The number of rotatable bonds is 1. The molecule has 2 aliphatic rings. The van der Waals surface area contributed by atoms with Gasteiger partial charge in [-0.2, -0.15) is 5.10 Å². The van der Waals surface area contributed by atoms with Crippen molar-refractivity contribution in [3.63, 3.8) is 0 Å². The number of fused-ring (bicyclic) bond motifs is 2. The van der Waals surface area contributed by atoms with Crippen LogP contribution in [0.2, 0.25) is 0 Å². The van der Waals surface area contributed by atoms with E-state index in [1.165, 1.54) is 31.4 Å². The van der Waals surface area contributed by atoms with Crippen molar-refractivity contribution in [2.75, 3.05) is 6.54 Å². The van der Waals surface area contributed by atoms with E-state index in [4.69, 9.17) is 0 Å². The summed E-state index contributed by atoms with van der Waals surface area (Å²) in [5.74, 6) is -0.199. The first-order chi connectivity index (χ1) is 13.6. The molecule has 0 radical (unpaired) electrons. The maximum absolute atomic E-state index is 13.0. The molecule has 1 aliphatic heterocycles. The quantitative estimate of drug-likeness (QED) is 0.688. The number of nitrogens with one attached hydrogen (secondary N) is 1. The normalized spacial score (nSPS) is 14.7. The van der Waals surface area contributed by atoms with Crippen LogP contribution in [0, 0.1) is 5.82 Å². The molecule has 0 saturated heterocycles. The Kier molecular flexibility index (Phi) is 5.24. The highest BCUT2D eigenvalue weighted by Gasteiger charge is 2.23. The Morgan fingerprint density at radius 3 is 2.36 bits per heavy atom. The Balaban J connectivity index is 0.000000177. The predicted octanol–water partition coefficient (Wildman–Crippen LogP) is 4.30. The Bertz CT molecular complexity index is 955. The van der Waals surface area contributed by atoms with Crippen LogP contribution in [0.5, 0.6) is 0 Å². The lowest BCUT2D eigenvalue weighted by Gasteiger charge is -2.25. The second kappa shape index (κ2) is 7.97. The summed E-state index contributed by atoms with van der Waals surface area (Å²) >= 11 is 0. The second-order valence-electron chi connectivity index (χ2n) is 7.35. The van der Waals surface area contributed by atoms with Crippen LogP contribution in [-0.4, -0.2) is 27.5 Å². The van der Waals surface area contributed by atoms with Gasteiger partial charge in [-0.05, 0) is 54.7 Å². The molecular weight excluding hydrogens is 353 g/mol. The third-order valence-corrected chi connectivity index (χ3v) is 5.51. The van der Waals surface area contributed by atoms with Gasteiger partial charge < -0.3 is 4.90 Å². The van der Waals surface area contributed by atoms with Gasteiger partial charge in [-0.25, -0.2) is 4.39 Å². The van der Waals surface area contributed by atoms with E-state index in [1.807, 2.05) is 0 Å². The zero-order chi connectivity index (χ0) is 19.5. The number of aryl methyl sites for hydroxylation is 2. The average molecular weight is 377 g/mol. The number of carbonyl (C=O) groups excluding carboxylic acids is 1. The molecule has 1 aliphatic carbocycles. The van der Waals surface area contributed by atoms with Crippen molar-refractivity contribution in [3.8, 4) is 11.3 Å². The molecule has 144 valence electrons. The number of H-pyrrole nitrogens is 1. The van der Waals surface area contributed by atoms with E-state index in [0.29, 0.717) is 13.1 Å². The smallest absolute Gasteiger partial charge is 0.219 e. The first kappa shape index (κ1) is 18.4. The molecule has 2 aromatic carbocycles. The lowest BCUT2D eigenvalue weighted by atomic mass is 10.0. The summed E-state index contributed by atoms with van der Waals surface area (Å²) in [5.41, 5.74) is 6.91. The summed E-state index contributed by atoms with van der Waals surface area (Å²) in [6.07, 6.45) is 4.74. The minimum Gasteiger partial charge on any atom is -0.338 e. The van der Waals surface area contributed by atoms with Crippen molar-refractivity contribution >= 4 is 5.91 Å². The van der Waals surface area contributed by atoms with Gasteiger partial charge in [0.25, 0.3) is 0 Å². The van der Waals surface area contributed by atoms with Crippen molar-refractivity contribution in [1.29, 1.82) is 0 Å². The zero-order valence-corrected chi connectivity index (χ0v) is 16.0. The lowest BCUT2D eigenvalue weighted by Crippen LogP contribution is -2.34. The fourth-order valence-electron chi connectivity index (χ4n) is 3.92. The van der Waals surface area contributed by atoms with Crippen LogP contribution in [0.15, 0.2) is 48.5 Å². The molecule has 0 saturated carbocycles. The van der Waals surface area contributed by atoms with Crippen LogP contribution in [0.3, 0.4) is 0 Å². The third kappa shape index (κ3) is 3.84. The number of hydrogen-bond donors (Lipinski definition) is 1. The Morgan fingerprint density at radius 2 is 1.71 bits per heavy atom. The average Bonchev–Trinajstić information content (AvgIpc) is 3.35. The molecule has 5 rings (SSSR count). The van der Waals surface area contributed by atoms with E-state index < -0.39 is 0 Å². The van der Waals surface area contributed by atoms with Crippen molar-refractivity contribution < 1.29 is 9.18 Å². The summed E-state index contributed by atoms with van der Waals surface area (Å²) in [5, 5.41) is 7.32. The van der Waals surface area contributed by atoms with E-state index >= 15 is 0 Å². The summed E-state index contributed by atoms with van der Waals surface area (Å²) in [6.45, 7) is 2.85. The fourth-order valence-corrected chi connectivity index (χ4v) is 3.92. The summed E-state index contributed by atoms with van der Waals surface area (Å²) < 4.78 is 13.0. The Morgan fingerprint density at radius 1 is 1.04 bits per heavy atom. The van der Waals surface area contributed by atoms with Crippen LogP contribution in [0.4, 0.5) is 4.39 Å². The molecule has 2 heterocycles. The first-order valence-corrected chi connectivity index (χ1v) is 9.76. The fraction of sp³-hybridized carbons (Fsp3) is 0.304. The van der Waals surface area contributed by atoms with Crippen LogP contribution >= 0.6 is 0 Å². The van der Waals surface area contributed by atoms with Gasteiger partial charge in [-0.3, -0.25) is 9.89 Å². The molecule has 1 N–H and O–H groups in total. The number of hydrogen-bond acceptors (Lipinski definition) is 2. The number of aromatic nitrogens is 2. The van der Waals surface area contributed by atoms with Gasteiger partial charge in [-0.1, -0.05) is 24.3 Å². The molecule has 0 fully saturated rings. The van der Waals surface area contributed by atoms with Crippen LogP contribution in [0.25, 0.3) is 11.3 Å². The van der Waals surface area contributed by atoms with Crippen molar-refractivity contribution in [2.24, 2.45) is 0 Å². The van der Waals surface area contributed by atoms with Gasteiger partial charge >= 0.3 is 0 Å². The minimum absolute atomic E-state index is 0.0666. The molecule has 5 heteroatoms. The molecular formula is C23H24FN3O. The number of nitrogens with zero attached hydrogens (tertiary/aromatic N) is 2. The monoisotopic (exact) mass is 377 g/mol. The lowest BCUT2D eigenvalue weighted by molar-refractivity contribution is -0.129. The second-order valence-corrected chi connectivity index (χ2v) is 7.35. The SMILES string of the molecule is CC(=O)N1CCc2[nH]nc(-c3ccc(F)cc3)c2C1.c1ccc2c(c1)CCC2. The number of benzene rings is 2. The highest BCUT2D eigenvalue weighted by molar-refractivity contribution is 5.74. The van der Waals surface area contributed by atoms with Gasteiger partial charge in [0.2, 0.25) is 5.91 Å². The van der Waals surface area contributed by atoms with E-state index in [0.717, 1.165) is 28.9 Å². The molecule has 0 atom stereocenters. The number of halogens is 1. The van der Waals surface area contributed by atoms with Crippen LogP contribution in [-0.2, 0) is 30.6 Å². The van der Waals surface area contributed by atoms with E-state index in [1.54, 1.807) is 35.1 Å². The van der Waals surface area contributed by atoms with Crippen LogP contribution < -0.4 is 0 Å². The molecule has 4 nitrogen and oxygen atoms in total. The van der Waals surface area contributed by atoms with Gasteiger partial charge in [0.05, 0.1) is 5.69 Å². The van der Waals surface area contributed by atoms with E-state index in [-0.39, 0.29) is 11.7 Å². The summed E-state index contributed by atoms with van der Waals surface area (Å²) in [4.78, 5) is 13.3. The van der Waals surface area contributed by atoms with Gasteiger partial charge in [0.15, 0.2) is 0 Å². The number of amides is 1. The first-order valence-electron chi connectivity index (χ1n) is 9.76. The number of aromatic amines is 1.